The number of carbonyl (C=O) groups is 1. The maximum absolute atomic E-state index is 11.2. The number of unbranched alkanes of at least 4 members (excludes halogenated alkanes) is 4. The molecule has 0 spiro atoms. The van der Waals surface area contributed by atoms with E-state index in [1.165, 1.54) is 25.5 Å². The van der Waals surface area contributed by atoms with Crippen LogP contribution in [0.25, 0.3) is 11.5 Å². The van der Waals surface area contributed by atoms with Crippen molar-refractivity contribution < 1.29 is 14.3 Å². The number of aromatic carboxylic acids is 1. The fourth-order valence-corrected chi connectivity index (χ4v) is 2.14. The molecule has 0 fully saturated rings. The summed E-state index contributed by atoms with van der Waals surface area (Å²) in [6.45, 7) is 2.82. The highest BCUT2D eigenvalue weighted by Gasteiger charge is 2.22. The predicted octanol–water partition coefficient (Wildman–Crippen LogP) is 3.21. The normalized spacial score (nSPS) is 10.8. The Balaban J connectivity index is 2.11. The van der Waals surface area contributed by atoms with Crippen molar-refractivity contribution in [1.82, 2.24) is 15.0 Å². The van der Waals surface area contributed by atoms with Crippen LogP contribution in [0.1, 0.15) is 49.5 Å². The lowest BCUT2D eigenvalue weighted by atomic mass is 10.1. The average molecular weight is 277 g/mol. The summed E-state index contributed by atoms with van der Waals surface area (Å²) in [7, 11) is 0. The van der Waals surface area contributed by atoms with Gasteiger partial charge in [-0.25, -0.2) is 9.48 Å². The van der Waals surface area contributed by atoms with Gasteiger partial charge in [-0.05, 0) is 18.6 Å². The zero-order valence-electron chi connectivity index (χ0n) is 11.6. The summed E-state index contributed by atoms with van der Waals surface area (Å²) in [4.78, 5) is 11.2. The number of nitrogens with zero attached hydrogens (tertiary/aromatic N) is 3. The third kappa shape index (κ3) is 3.26. The van der Waals surface area contributed by atoms with Crippen LogP contribution in [-0.2, 0) is 6.54 Å². The molecular formula is C14H19N3O3. The van der Waals surface area contributed by atoms with E-state index in [1.54, 1.807) is 16.8 Å². The Hall–Kier alpha value is -2.11. The zero-order chi connectivity index (χ0) is 14.4. The fourth-order valence-electron chi connectivity index (χ4n) is 2.14. The Bertz CT molecular complexity index is 546. The number of aryl methyl sites for hydroxylation is 1. The Kier molecular flexibility index (Phi) is 4.92. The standard InChI is InChI=1S/C14H19N3O3/c1-2-3-4-5-6-9-17-13(11-8-7-10-20-11)12(14(18)19)15-16-17/h7-8,10H,2-6,9H2,1H3,(H,18,19). The molecule has 6 heteroatoms. The number of aromatic nitrogens is 3. The molecule has 0 aromatic carbocycles. The number of rotatable bonds is 8. The first kappa shape index (κ1) is 14.3. The summed E-state index contributed by atoms with van der Waals surface area (Å²) in [5.41, 5.74) is 0.381. The van der Waals surface area contributed by atoms with E-state index in [-0.39, 0.29) is 5.69 Å². The maximum atomic E-state index is 11.2. The van der Waals surface area contributed by atoms with E-state index in [0.717, 1.165) is 12.8 Å². The van der Waals surface area contributed by atoms with Crippen molar-refractivity contribution in [3.8, 4) is 11.5 Å². The zero-order valence-corrected chi connectivity index (χ0v) is 11.6. The second-order valence-electron chi connectivity index (χ2n) is 4.71. The largest absolute Gasteiger partial charge is 0.476 e. The SMILES string of the molecule is CCCCCCCn1nnc(C(=O)O)c1-c1ccco1. The summed E-state index contributed by atoms with van der Waals surface area (Å²) in [6, 6.07) is 3.44. The highest BCUT2D eigenvalue weighted by molar-refractivity contribution is 5.91. The summed E-state index contributed by atoms with van der Waals surface area (Å²) in [5, 5.41) is 16.8. The lowest BCUT2D eigenvalue weighted by molar-refractivity contribution is 0.0691. The second kappa shape index (κ2) is 6.88. The summed E-state index contributed by atoms with van der Waals surface area (Å²) in [5.74, 6) is -0.602. The molecule has 108 valence electrons. The van der Waals surface area contributed by atoms with E-state index in [9.17, 15) is 4.79 Å². The van der Waals surface area contributed by atoms with Gasteiger partial charge in [0.25, 0.3) is 0 Å². The molecule has 0 aliphatic heterocycles. The molecule has 0 saturated heterocycles. The summed E-state index contributed by atoms with van der Waals surface area (Å²) in [6.07, 6.45) is 7.18. The maximum Gasteiger partial charge on any atom is 0.358 e. The van der Waals surface area contributed by atoms with Crippen molar-refractivity contribution in [3.63, 3.8) is 0 Å². The number of hydrogen-bond donors (Lipinski definition) is 1. The van der Waals surface area contributed by atoms with Crippen molar-refractivity contribution in [2.45, 2.75) is 45.6 Å². The minimum atomic E-state index is -1.09. The Morgan fingerprint density at radius 1 is 1.35 bits per heavy atom. The average Bonchev–Trinajstić information content (AvgIpc) is 3.06. The van der Waals surface area contributed by atoms with Crippen molar-refractivity contribution >= 4 is 5.97 Å². The first-order chi connectivity index (χ1) is 9.74. The van der Waals surface area contributed by atoms with E-state index in [1.807, 2.05) is 0 Å². The molecule has 2 aromatic rings. The van der Waals surface area contributed by atoms with Crippen LogP contribution in [0.15, 0.2) is 22.8 Å². The molecular weight excluding hydrogens is 258 g/mol. The number of hydrogen-bond acceptors (Lipinski definition) is 4. The van der Waals surface area contributed by atoms with Gasteiger partial charge in [0.1, 0.15) is 5.69 Å². The van der Waals surface area contributed by atoms with Gasteiger partial charge in [0.15, 0.2) is 5.76 Å². The van der Waals surface area contributed by atoms with Gasteiger partial charge in [0, 0.05) is 6.54 Å². The molecule has 0 saturated carbocycles. The predicted molar refractivity (Wildman–Crippen MR) is 73.4 cm³/mol. The molecule has 2 aromatic heterocycles. The molecule has 0 atom stereocenters. The van der Waals surface area contributed by atoms with Crippen molar-refractivity contribution in [1.29, 1.82) is 0 Å². The quantitative estimate of drug-likeness (QED) is 0.749. The van der Waals surface area contributed by atoms with E-state index >= 15 is 0 Å². The van der Waals surface area contributed by atoms with Crippen LogP contribution in [0.3, 0.4) is 0 Å². The van der Waals surface area contributed by atoms with Crippen LogP contribution in [0.4, 0.5) is 0 Å². The third-order valence-corrected chi connectivity index (χ3v) is 3.17. The van der Waals surface area contributed by atoms with E-state index in [0.29, 0.717) is 18.0 Å². The molecule has 1 N–H and O–H groups in total. The van der Waals surface area contributed by atoms with Crippen molar-refractivity contribution in [2.75, 3.05) is 0 Å². The molecule has 2 heterocycles. The van der Waals surface area contributed by atoms with Gasteiger partial charge in [0.2, 0.25) is 5.69 Å². The lowest BCUT2D eigenvalue weighted by Crippen LogP contribution is -2.04. The van der Waals surface area contributed by atoms with Crippen LogP contribution in [0.2, 0.25) is 0 Å². The minimum Gasteiger partial charge on any atom is -0.476 e. The second-order valence-corrected chi connectivity index (χ2v) is 4.71. The van der Waals surface area contributed by atoms with Gasteiger partial charge in [0.05, 0.1) is 6.26 Å². The Morgan fingerprint density at radius 3 is 2.80 bits per heavy atom. The molecule has 0 aliphatic carbocycles. The van der Waals surface area contributed by atoms with Gasteiger partial charge >= 0.3 is 5.97 Å². The smallest absolute Gasteiger partial charge is 0.358 e. The minimum absolute atomic E-state index is 0.0616. The van der Waals surface area contributed by atoms with Gasteiger partial charge in [-0.15, -0.1) is 5.10 Å². The van der Waals surface area contributed by atoms with Crippen LogP contribution in [-0.4, -0.2) is 26.1 Å². The molecule has 0 bridgehead atoms. The van der Waals surface area contributed by atoms with Crippen molar-refractivity contribution in [2.24, 2.45) is 0 Å². The van der Waals surface area contributed by atoms with Crippen molar-refractivity contribution in [3.05, 3.63) is 24.1 Å². The topological polar surface area (TPSA) is 81.2 Å². The monoisotopic (exact) mass is 277 g/mol. The molecule has 0 unspecified atom stereocenters. The Labute approximate surface area is 117 Å². The van der Waals surface area contributed by atoms with Gasteiger partial charge in [-0.3, -0.25) is 0 Å². The molecule has 0 amide bonds. The van der Waals surface area contributed by atoms with E-state index in [4.69, 9.17) is 9.52 Å². The van der Waals surface area contributed by atoms with Crippen LogP contribution >= 0.6 is 0 Å². The van der Waals surface area contributed by atoms with Crippen LogP contribution in [0, 0.1) is 0 Å². The number of carboxylic acids is 1. The fraction of sp³-hybridized carbons (Fsp3) is 0.500. The number of furan rings is 1. The summed E-state index contributed by atoms with van der Waals surface area (Å²) >= 11 is 0. The highest BCUT2D eigenvalue weighted by atomic mass is 16.4. The van der Waals surface area contributed by atoms with Crippen LogP contribution in [0.5, 0.6) is 0 Å². The molecule has 0 aliphatic rings. The first-order valence-electron chi connectivity index (χ1n) is 6.94. The van der Waals surface area contributed by atoms with Crippen LogP contribution < -0.4 is 0 Å². The molecule has 0 radical (unpaired) electrons. The highest BCUT2D eigenvalue weighted by Crippen LogP contribution is 2.23. The van der Waals surface area contributed by atoms with Gasteiger partial charge < -0.3 is 9.52 Å². The third-order valence-electron chi connectivity index (χ3n) is 3.17. The lowest BCUT2D eigenvalue weighted by Gasteiger charge is -2.04. The Morgan fingerprint density at radius 2 is 2.15 bits per heavy atom. The first-order valence-corrected chi connectivity index (χ1v) is 6.94. The molecule has 20 heavy (non-hydrogen) atoms. The van der Waals surface area contributed by atoms with E-state index < -0.39 is 5.97 Å². The molecule has 6 nitrogen and oxygen atoms in total. The number of carboxylic acid groups (broad SMARTS) is 1. The van der Waals surface area contributed by atoms with E-state index in [2.05, 4.69) is 17.2 Å². The molecule has 2 rings (SSSR count). The van der Waals surface area contributed by atoms with Gasteiger partial charge in [-0.2, -0.15) is 0 Å². The van der Waals surface area contributed by atoms with Gasteiger partial charge in [-0.1, -0.05) is 37.8 Å². The summed E-state index contributed by atoms with van der Waals surface area (Å²) < 4.78 is 6.91.